The van der Waals surface area contributed by atoms with Gasteiger partial charge in [0.1, 0.15) is 0 Å². The van der Waals surface area contributed by atoms with E-state index in [2.05, 4.69) is 41.1 Å². The summed E-state index contributed by atoms with van der Waals surface area (Å²) in [5, 5.41) is 0. The van der Waals surface area contributed by atoms with E-state index in [1.807, 2.05) is 4.90 Å². The van der Waals surface area contributed by atoms with Crippen LogP contribution < -0.4 is 9.64 Å². The maximum absolute atomic E-state index is 12.6. The molecule has 0 bridgehead atoms. The summed E-state index contributed by atoms with van der Waals surface area (Å²) < 4.78 is 5.09. The molecule has 0 N–H and O–H groups in total. The van der Waals surface area contributed by atoms with Crippen LogP contribution in [-0.2, 0) is 0 Å². The second-order valence-electron chi connectivity index (χ2n) is 5.71. The number of amides is 1. The summed E-state index contributed by atoms with van der Waals surface area (Å²) >= 11 is 0. The van der Waals surface area contributed by atoms with E-state index in [9.17, 15) is 4.79 Å². The van der Waals surface area contributed by atoms with E-state index in [1.165, 1.54) is 11.3 Å². The molecule has 5 nitrogen and oxygen atoms in total. The number of aromatic nitrogens is 1. The van der Waals surface area contributed by atoms with Crippen LogP contribution in [0.5, 0.6) is 5.88 Å². The van der Waals surface area contributed by atoms with Crippen molar-refractivity contribution in [3.05, 3.63) is 53.7 Å². The molecule has 1 saturated heterocycles. The van der Waals surface area contributed by atoms with Gasteiger partial charge in [0.15, 0.2) is 0 Å². The Morgan fingerprint density at radius 2 is 1.91 bits per heavy atom. The van der Waals surface area contributed by atoms with Gasteiger partial charge in [-0.25, -0.2) is 4.98 Å². The van der Waals surface area contributed by atoms with E-state index in [0.717, 1.165) is 26.2 Å². The predicted octanol–water partition coefficient (Wildman–Crippen LogP) is 2.36. The minimum Gasteiger partial charge on any atom is -0.481 e. The van der Waals surface area contributed by atoms with Crippen LogP contribution in [0.4, 0.5) is 5.69 Å². The number of hydrogen-bond donors (Lipinski definition) is 0. The maximum atomic E-state index is 12.6. The number of pyridine rings is 1. The Hall–Kier alpha value is -2.56. The molecule has 2 aromatic rings. The van der Waals surface area contributed by atoms with Crippen LogP contribution in [0.15, 0.2) is 42.6 Å². The molecule has 2 heterocycles. The lowest BCUT2D eigenvalue weighted by molar-refractivity contribution is 0.0746. The molecular formula is C18H21N3O2. The number of rotatable bonds is 3. The average Bonchev–Trinajstić information content (AvgIpc) is 2.61. The van der Waals surface area contributed by atoms with Gasteiger partial charge in [0.25, 0.3) is 5.91 Å². The third-order valence-corrected chi connectivity index (χ3v) is 4.12. The first-order chi connectivity index (χ1) is 11.2. The molecule has 0 saturated carbocycles. The molecule has 1 amide bonds. The fourth-order valence-electron chi connectivity index (χ4n) is 2.83. The van der Waals surface area contributed by atoms with Crippen LogP contribution in [0.3, 0.4) is 0 Å². The molecule has 1 aliphatic heterocycles. The van der Waals surface area contributed by atoms with Gasteiger partial charge in [0, 0.05) is 49.7 Å². The van der Waals surface area contributed by atoms with Gasteiger partial charge in [-0.2, -0.15) is 0 Å². The van der Waals surface area contributed by atoms with Crippen LogP contribution in [0, 0.1) is 6.92 Å². The van der Waals surface area contributed by atoms with Crippen molar-refractivity contribution < 1.29 is 9.53 Å². The molecule has 1 aromatic carbocycles. The first-order valence-electron chi connectivity index (χ1n) is 7.78. The lowest BCUT2D eigenvalue weighted by Gasteiger charge is -2.36. The minimum atomic E-state index is 0.0367. The molecule has 0 atom stereocenters. The first kappa shape index (κ1) is 15.3. The number of carbonyl (C=O) groups excluding carboxylic acids is 1. The van der Waals surface area contributed by atoms with Gasteiger partial charge in [0.2, 0.25) is 5.88 Å². The van der Waals surface area contributed by atoms with Crippen LogP contribution in [0.1, 0.15) is 15.9 Å². The zero-order chi connectivity index (χ0) is 16.2. The Morgan fingerprint density at radius 1 is 1.13 bits per heavy atom. The topological polar surface area (TPSA) is 45.7 Å². The number of methoxy groups -OCH3 is 1. The molecule has 1 aromatic heterocycles. The molecule has 0 spiro atoms. The molecule has 1 fully saturated rings. The second kappa shape index (κ2) is 6.69. The van der Waals surface area contributed by atoms with Gasteiger partial charge < -0.3 is 14.5 Å². The Labute approximate surface area is 136 Å². The highest BCUT2D eigenvalue weighted by atomic mass is 16.5. The molecule has 120 valence electrons. The van der Waals surface area contributed by atoms with Gasteiger partial charge in [-0.3, -0.25) is 4.79 Å². The van der Waals surface area contributed by atoms with E-state index in [4.69, 9.17) is 4.74 Å². The quantitative estimate of drug-likeness (QED) is 0.873. The highest BCUT2D eigenvalue weighted by molar-refractivity contribution is 5.94. The van der Waals surface area contributed by atoms with E-state index in [-0.39, 0.29) is 5.91 Å². The number of aryl methyl sites for hydroxylation is 1. The largest absolute Gasteiger partial charge is 0.481 e. The van der Waals surface area contributed by atoms with Crippen molar-refractivity contribution in [2.75, 3.05) is 38.2 Å². The van der Waals surface area contributed by atoms with Gasteiger partial charge in [-0.05, 0) is 30.7 Å². The monoisotopic (exact) mass is 311 g/mol. The molecule has 1 aliphatic rings. The number of benzene rings is 1. The van der Waals surface area contributed by atoms with Crippen LogP contribution in [-0.4, -0.2) is 49.1 Å². The van der Waals surface area contributed by atoms with Crippen molar-refractivity contribution in [2.24, 2.45) is 0 Å². The van der Waals surface area contributed by atoms with Gasteiger partial charge >= 0.3 is 0 Å². The molecule has 0 radical (unpaired) electrons. The summed E-state index contributed by atoms with van der Waals surface area (Å²) in [7, 11) is 1.55. The Morgan fingerprint density at radius 3 is 2.61 bits per heavy atom. The number of anilines is 1. The fourth-order valence-corrected chi connectivity index (χ4v) is 2.83. The highest BCUT2D eigenvalue weighted by Crippen LogP contribution is 2.19. The Bertz CT molecular complexity index is 694. The molecule has 3 rings (SSSR count). The van der Waals surface area contributed by atoms with Crippen molar-refractivity contribution in [3.63, 3.8) is 0 Å². The SMILES string of the molecule is COc1cc(C(=O)N2CCN(c3cccc(C)c3)CC2)ccn1. The highest BCUT2D eigenvalue weighted by Gasteiger charge is 2.22. The summed E-state index contributed by atoms with van der Waals surface area (Å²) in [5.74, 6) is 0.504. The van der Waals surface area contributed by atoms with Crippen LogP contribution in [0.25, 0.3) is 0 Å². The molecule has 5 heteroatoms. The van der Waals surface area contributed by atoms with Crippen molar-refractivity contribution >= 4 is 11.6 Å². The second-order valence-corrected chi connectivity index (χ2v) is 5.71. The number of hydrogen-bond acceptors (Lipinski definition) is 4. The summed E-state index contributed by atoms with van der Waals surface area (Å²) in [5.41, 5.74) is 3.11. The van der Waals surface area contributed by atoms with Gasteiger partial charge in [-0.15, -0.1) is 0 Å². The van der Waals surface area contributed by atoms with Crippen molar-refractivity contribution in [3.8, 4) is 5.88 Å². The number of carbonyl (C=O) groups is 1. The predicted molar refractivity (Wildman–Crippen MR) is 90.1 cm³/mol. The molecule has 0 unspecified atom stereocenters. The maximum Gasteiger partial charge on any atom is 0.254 e. The van der Waals surface area contributed by atoms with Crippen LogP contribution in [0.2, 0.25) is 0 Å². The lowest BCUT2D eigenvalue weighted by Crippen LogP contribution is -2.48. The zero-order valence-corrected chi connectivity index (χ0v) is 13.5. The van der Waals surface area contributed by atoms with Crippen LogP contribution >= 0.6 is 0 Å². The lowest BCUT2D eigenvalue weighted by atomic mass is 10.1. The molecular weight excluding hydrogens is 290 g/mol. The normalized spacial score (nSPS) is 14.7. The average molecular weight is 311 g/mol. The summed E-state index contributed by atoms with van der Waals surface area (Å²) in [6.45, 7) is 5.23. The van der Waals surface area contributed by atoms with Crippen molar-refractivity contribution in [1.82, 2.24) is 9.88 Å². The smallest absolute Gasteiger partial charge is 0.254 e. The number of nitrogens with zero attached hydrogens (tertiary/aromatic N) is 3. The van der Waals surface area contributed by atoms with E-state index < -0.39 is 0 Å². The minimum absolute atomic E-state index is 0.0367. The zero-order valence-electron chi connectivity index (χ0n) is 13.5. The van der Waals surface area contributed by atoms with Crippen molar-refractivity contribution in [1.29, 1.82) is 0 Å². The van der Waals surface area contributed by atoms with Gasteiger partial charge in [0.05, 0.1) is 7.11 Å². The van der Waals surface area contributed by atoms with Crippen molar-refractivity contribution in [2.45, 2.75) is 6.92 Å². The number of piperazine rings is 1. The van der Waals surface area contributed by atoms with E-state index in [0.29, 0.717) is 11.4 Å². The van der Waals surface area contributed by atoms with E-state index >= 15 is 0 Å². The standard InChI is InChI=1S/C18H21N3O2/c1-14-4-3-5-16(12-14)20-8-10-21(11-9-20)18(22)15-6-7-19-17(13-15)23-2/h3-7,12-13H,8-11H2,1-2H3. The first-order valence-corrected chi connectivity index (χ1v) is 7.78. The Kier molecular flexibility index (Phi) is 4.46. The third kappa shape index (κ3) is 3.44. The summed E-state index contributed by atoms with van der Waals surface area (Å²) in [4.78, 5) is 20.8. The fraction of sp³-hybridized carbons (Fsp3) is 0.333. The van der Waals surface area contributed by atoms with Gasteiger partial charge in [-0.1, -0.05) is 12.1 Å². The molecule has 0 aliphatic carbocycles. The summed E-state index contributed by atoms with van der Waals surface area (Å²) in [6.07, 6.45) is 1.61. The number of ether oxygens (including phenoxy) is 1. The molecule has 23 heavy (non-hydrogen) atoms. The third-order valence-electron chi connectivity index (χ3n) is 4.12. The Balaban J connectivity index is 1.65. The van der Waals surface area contributed by atoms with E-state index in [1.54, 1.807) is 25.4 Å². The summed E-state index contributed by atoms with van der Waals surface area (Å²) in [6, 6.07) is 11.9.